The number of ether oxygens (including phenoxy) is 1. The molecule has 1 aliphatic heterocycles. The minimum absolute atomic E-state index is 0.0243. The third-order valence-electron chi connectivity index (χ3n) is 3.29. The van der Waals surface area contributed by atoms with Crippen LogP contribution in [0.1, 0.15) is 17.3 Å². The van der Waals surface area contributed by atoms with E-state index in [0.29, 0.717) is 16.3 Å². The van der Waals surface area contributed by atoms with Crippen LogP contribution in [-0.2, 0) is 4.74 Å². The van der Waals surface area contributed by atoms with Gasteiger partial charge in [-0.1, -0.05) is 17.7 Å². The largest absolute Gasteiger partial charge is 0.398 e. The summed E-state index contributed by atoms with van der Waals surface area (Å²) in [4.78, 5) is 14.5. The van der Waals surface area contributed by atoms with Crippen molar-refractivity contribution in [3.05, 3.63) is 28.8 Å². The van der Waals surface area contributed by atoms with Crippen molar-refractivity contribution < 1.29 is 9.53 Å². The summed E-state index contributed by atoms with van der Waals surface area (Å²) >= 11 is 6.03. The molecular formula is C14H20ClN3O2. The molecule has 110 valence electrons. The van der Waals surface area contributed by atoms with Crippen LogP contribution in [0, 0.1) is 0 Å². The number of carbonyl (C=O) groups excluding carboxylic acids is 1. The zero-order valence-corrected chi connectivity index (χ0v) is 12.3. The van der Waals surface area contributed by atoms with Crippen LogP contribution in [0.15, 0.2) is 18.2 Å². The number of benzene rings is 1. The predicted molar refractivity (Wildman–Crippen MR) is 80.1 cm³/mol. The van der Waals surface area contributed by atoms with Gasteiger partial charge in [0.05, 0.1) is 23.8 Å². The van der Waals surface area contributed by atoms with Crippen molar-refractivity contribution in [3.8, 4) is 0 Å². The van der Waals surface area contributed by atoms with Crippen molar-refractivity contribution in [3.63, 3.8) is 0 Å². The molecule has 3 N–H and O–H groups in total. The number of morpholine rings is 1. The van der Waals surface area contributed by atoms with Crippen LogP contribution < -0.4 is 11.1 Å². The molecule has 1 aliphatic rings. The smallest absolute Gasteiger partial charge is 0.255 e. The summed E-state index contributed by atoms with van der Waals surface area (Å²) in [6, 6.07) is 5.09. The topological polar surface area (TPSA) is 67.6 Å². The van der Waals surface area contributed by atoms with Gasteiger partial charge in [-0.05, 0) is 19.1 Å². The van der Waals surface area contributed by atoms with Gasteiger partial charge in [0.2, 0.25) is 0 Å². The van der Waals surface area contributed by atoms with Gasteiger partial charge >= 0.3 is 0 Å². The van der Waals surface area contributed by atoms with Crippen LogP contribution in [0.4, 0.5) is 5.69 Å². The lowest BCUT2D eigenvalue weighted by Gasteiger charge is -2.29. The van der Waals surface area contributed by atoms with Crippen LogP contribution in [0.3, 0.4) is 0 Å². The number of hydrogen-bond acceptors (Lipinski definition) is 4. The highest BCUT2D eigenvalue weighted by Crippen LogP contribution is 2.21. The normalized spacial score (nSPS) is 17.7. The Kier molecular flexibility index (Phi) is 5.23. The van der Waals surface area contributed by atoms with Gasteiger partial charge < -0.3 is 15.8 Å². The maximum Gasteiger partial charge on any atom is 0.255 e. The second-order valence-corrected chi connectivity index (χ2v) is 5.40. The molecule has 1 aromatic rings. The van der Waals surface area contributed by atoms with Crippen molar-refractivity contribution in [2.24, 2.45) is 0 Å². The first-order valence-corrected chi connectivity index (χ1v) is 7.10. The van der Waals surface area contributed by atoms with Gasteiger partial charge in [0.15, 0.2) is 0 Å². The van der Waals surface area contributed by atoms with Gasteiger partial charge in [-0.3, -0.25) is 9.69 Å². The van der Waals surface area contributed by atoms with E-state index in [2.05, 4.69) is 10.2 Å². The Morgan fingerprint density at radius 3 is 2.85 bits per heavy atom. The molecule has 0 spiro atoms. The molecule has 20 heavy (non-hydrogen) atoms. The Morgan fingerprint density at radius 2 is 2.20 bits per heavy atom. The van der Waals surface area contributed by atoms with Gasteiger partial charge in [-0.15, -0.1) is 0 Å². The van der Waals surface area contributed by atoms with Crippen molar-refractivity contribution >= 4 is 23.2 Å². The molecule has 1 saturated heterocycles. The number of carbonyl (C=O) groups is 1. The van der Waals surface area contributed by atoms with Gasteiger partial charge in [0.25, 0.3) is 5.91 Å². The van der Waals surface area contributed by atoms with Gasteiger partial charge in [-0.2, -0.15) is 0 Å². The average Bonchev–Trinajstić information content (AvgIpc) is 2.39. The van der Waals surface area contributed by atoms with E-state index in [0.717, 1.165) is 32.8 Å². The number of halogens is 1. The van der Waals surface area contributed by atoms with Crippen LogP contribution in [0.25, 0.3) is 0 Å². The Labute approximate surface area is 124 Å². The predicted octanol–water partition coefficient (Wildman–Crippen LogP) is 1.37. The molecule has 2 rings (SSSR count). The number of nitrogens with one attached hydrogen (secondary N) is 1. The molecule has 0 bridgehead atoms. The number of hydrogen-bond donors (Lipinski definition) is 2. The summed E-state index contributed by atoms with van der Waals surface area (Å²) in [5, 5.41) is 3.32. The summed E-state index contributed by atoms with van der Waals surface area (Å²) in [5.41, 5.74) is 6.56. The molecule has 1 heterocycles. The number of nitrogen functional groups attached to an aromatic ring is 1. The van der Waals surface area contributed by atoms with E-state index in [1.165, 1.54) is 0 Å². The number of rotatable bonds is 4. The Hall–Kier alpha value is -1.30. The summed E-state index contributed by atoms with van der Waals surface area (Å²) in [6.07, 6.45) is 0. The summed E-state index contributed by atoms with van der Waals surface area (Å²) < 4.78 is 5.30. The van der Waals surface area contributed by atoms with Gasteiger partial charge in [-0.25, -0.2) is 0 Å². The lowest BCUT2D eigenvalue weighted by molar-refractivity contribution is 0.0342. The second-order valence-electron chi connectivity index (χ2n) is 4.99. The first-order valence-electron chi connectivity index (χ1n) is 6.73. The number of nitrogens with two attached hydrogens (primary N) is 1. The van der Waals surface area contributed by atoms with E-state index >= 15 is 0 Å². The fourth-order valence-electron chi connectivity index (χ4n) is 2.29. The maximum absolute atomic E-state index is 12.2. The SMILES string of the molecule is CC(CN1CCOCC1)NC(=O)c1c(N)cccc1Cl. The molecule has 0 saturated carbocycles. The van der Waals surface area contributed by atoms with Crippen molar-refractivity contribution in [1.29, 1.82) is 0 Å². The summed E-state index contributed by atoms with van der Waals surface area (Å²) in [5.74, 6) is -0.228. The van der Waals surface area contributed by atoms with E-state index in [9.17, 15) is 4.79 Å². The van der Waals surface area contributed by atoms with Crippen LogP contribution in [-0.4, -0.2) is 49.7 Å². The van der Waals surface area contributed by atoms with Crippen molar-refractivity contribution in [1.82, 2.24) is 10.2 Å². The van der Waals surface area contributed by atoms with Crippen LogP contribution in [0.5, 0.6) is 0 Å². The Bertz CT molecular complexity index is 455. The molecule has 1 amide bonds. The molecule has 1 aromatic carbocycles. The average molecular weight is 298 g/mol. The monoisotopic (exact) mass is 297 g/mol. The van der Waals surface area contributed by atoms with Crippen LogP contribution in [0.2, 0.25) is 5.02 Å². The van der Waals surface area contributed by atoms with Crippen molar-refractivity contribution in [2.45, 2.75) is 13.0 Å². The Morgan fingerprint density at radius 1 is 1.50 bits per heavy atom. The molecule has 0 aliphatic carbocycles. The lowest BCUT2D eigenvalue weighted by atomic mass is 10.1. The number of nitrogens with zero attached hydrogens (tertiary/aromatic N) is 1. The zero-order valence-electron chi connectivity index (χ0n) is 11.6. The minimum Gasteiger partial charge on any atom is -0.398 e. The maximum atomic E-state index is 12.2. The van der Waals surface area contributed by atoms with Gasteiger partial charge in [0.1, 0.15) is 0 Å². The molecule has 6 heteroatoms. The number of anilines is 1. The van der Waals surface area contributed by atoms with E-state index in [1.807, 2.05) is 6.92 Å². The van der Waals surface area contributed by atoms with E-state index < -0.39 is 0 Å². The molecule has 5 nitrogen and oxygen atoms in total. The standard InChI is InChI=1S/C14H20ClN3O2/c1-10(9-18-5-7-20-8-6-18)17-14(19)13-11(15)3-2-4-12(13)16/h2-4,10H,5-9,16H2,1H3,(H,17,19). The first kappa shape index (κ1) is 15.1. The number of amides is 1. The van der Waals surface area contributed by atoms with E-state index in [4.69, 9.17) is 22.1 Å². The fourth-order valence-corrected chi connectivity index (χ4v) is 2.56. The quantitative estimate of drug-likeness (QED) is 0.824. The fraction of sp³-hybridized carbons (Fsp3) is 0.500. The lowest BCUT2D eigenvalue weighted by Crippen LogP contribution is -2.46. The Balaban J connectivity index is 1.93. The second kappa shape index (κ2) is 6.92. The van der Waals surface area contributed by atoms with Crippen molar-refractivity contribution in [2.75, 3.05) is 38.6 Å². The summed E-state index contributed by atoms with van der Waals surface area (Å²) in [7, 11) is 0. The molecule has 0 aromatic heterocycles. The highest BCUT2D eigenvalue weighted by Gasteiger charge is 2.18. The first-order chi connectivity index (χ1) is 9.58. The van der Waals surface area contributed by atoms with Gasteiger partial charge in [0, 0.05) is 31.4 Å². The molecule has 1 unspecified atom stereocenters. The highest BCUT2D eigenvalue weighted by atomic mass is 35.5. The van der Waals surface area contributed by atoms with Crippen LogP contribution >= 0.6 is 11.6 Å². The van der Waals surface area contributed by atoms with E-state index in [-0.39, 0.29) is 11.9 Å². The molecular weight excluding hydrogens is 278 g/mol. The summed E-state index contributed by atoms with van der Waals surface area (Å²) in [6.45, 7) is 6.05. The third kappa shape index (κ3) is 3.85. The molecule has 1 fully saturated rings. The minimum atomic E-state index is -0.228. The highest BCUT2D eigenvalue weighted by molar-refractivity contribution is 6.34. The zero-order chi connectivity index (χ0) is 14.5. The molecule has 0 radical (unpaired) electrons. The third-order valence-corrected chi connectivity index (χ3v) is 3.60. The molecule has 1 atom stereocenters. The van der Waals surface area contributed by atoms with E-state index in [1.54, 1.807) is 18.2 Å².